The first-order chi connectivity index (χ1) is 19.6. The highest BCUT2D eigenvalue weighted by Crippen LogP contribution is 2.46. The van der Waals surface area contributed by atoms with Crippen molar-refractivity contribution in [3.05, 3.63) is 113 Å². The molecule has 204 valence electrons. The number of allylic oxidation sites excluding steroid dienone is 1. The van der Waals surface area contributed by atoms with Crippen LogP contribution in [-0.2, 0) is 20.7 Å². The zero-order chi connectivity index (χ0) is 27.9. The molecule has 0 saturated carbocycles. The van der Waals surface area contributed by atoms with Gasteiger partial charge in [0.05, 0.1) is 30.8 Å². The van der Waals surface area contributed by atoms with E-state index in [0.29, 0.717) is 42.2 Å². The Bertz CT molecular complexity index is 1470. The maximum Gasteiger partial charge on any atom is 0.338 e. The third-order valence-electron chi connectivity index (χ3n) is 6.55. The molecule has 0 spiro atoms. The SMILES string of the molecule is CCC1=C(C(=O)OC)C(c2cccc(Oc3ccccc3)c2)N2C(CC(=O)NCCc3ccccn3)=CSC2=N1. The van der Waals surface area contributed by atoms with Gasteiger partial charge in [-0.2, -0.15) is 0 Å². The molecular weight excluding hydrogens is 524 g/mol. The molecule has 2 aliphatic heterocycles. The molecule has 0 aliphatic carbocycles. The minimum Gasteiger partial charge on any atom is -0.466 e. The second-order valence-electron chi connectivity index (χ2n) is 9.18. The number of esters is 1. The van der Waals surface area contributed by atoms with Gasteiger partial charge in [0.25, 0.3) is 0 Å². The van der Waals surface area contributed by atoms with Crippen LogP contribution in [-0.4, -0.2) is 40.6 Å². The second kappa shape index (κ2) is 12.7. The molecule has 0 fully saturated rings. The van der Waals surface area contributed by atoms with Crippen LogP contribution in [0.25, 0.3) is 0 Å². The summed E-state index contributed by atoms with van der Waals surface area (Å²) >= 11 is 1.45. The number of amidine groups is 1. The van der Waals surface area contributed by atoms with Gasteiger partial charge in [-0.25, -0.2) is 9.79 Å². The Labute approximate surface area is 237 Å². The van der Waals surface area contributed by atoms with Gasteiger partial charge in [0.15, 0.2) is 5.17 Å². The summed E-state index contributed by atoms with van der Waals surface area (Å²) in [5.74, 6) is 0.784. The molecule has 0 saturated heterocycles. The van der Waals surface area contributed by atoms with Crippen molar-refractivity contribution >= 4 is 28.8 Å². The lowest BCUT2D eigenvalue weighted by Crippen LogP contribution is -2.38. The molecule has 1 N–H and O–H groups in total. The first-order valence-corrected chi connectivity index (χ1v) is 14.0. The summed E-state index contributed by atoms with van der Waals surface area (Å²) in [6.07, 6.45) is 3.08. The molecule has 9 heteroatoms. The number of aliphatic imine (C=N–C) groups is 1. The van der Waals surface area contributed by atoms with E-state index >= 15 is 0 Å². The molecule has 2 aliphatic rings. The van der Waals surface area contributed by atoms with Crippen LogP contribution in [0.1, 0.15) is 37.1 Å². The van der Waals surface area contributed by atoms with Gasteiger partial charge >= 0.3 is 5.97 Å². The van der Waals surface area contributed by atoms with E-state index in [1.165, 1.54) is 18.9 Å². The summed E-state index contributed by atoms with van der Waals surface area (Å²) in [5.41, 5.74) is 3.63. The van der Waals surface area contributed by atoms with E-state index in [1.54, 1.807) is 6.20 Å². The van der Waals surface area contributed by atoms with Gasteiger partial charge in [-0.15, -0.1) is 0 Å². The topological polar surface area (TPSA) is 93.1 Å². The Morgan fingerprint density at radius 1 is 1.02 bits per heavy atom. The zero-order valence-corrected chi connectivity index (χ0v) is 23.2. The highest BCUT2D eigenvalue weighted by molar-refractivity contribution is 8.16. The molecule has 3 aromatic rings. The van der Waals surface area contributed by atoms with Crippen molar-refractivity contribution < 1.29 is 19.1 Å². The number of hydrogen-bond donors (Lipinski definition) is 1. The summed E-state index contributed by atoms with van der Waals surface area (Å²) in [7, 11) is 1.37. The van der Waals surface area contributed by atoms with Crippen molar-refractivity contribution in [1.29, 1.82) is 0 Å². The van der Waals surface area contributed by atoms with Crippen molar-refractivity contribution in [2.24, 2.45) is 4.99 Å². The number of methoxy groups -OCH3 is 1. The number of ether oxygens (including phenoxy) is 2. The average molecular weight is 555 g/mol. The highest BCUT2D eigenvalue weighted by Gasteiger charge is 2.41. The molecule has 2 aromatic carbocycles. The third-order valence-corrected chi connectivity index (χ3v) is 7.44. The van der Waals surface area contributed by atoms with Crippen molar-refractivity contribution in [2.45, 2.75) is 32.2 Å². The van der Waals surface area contributed by atoms with Crippen LogP contribution in [0.5, 0.6) is 11.5 Å². The smallest absolute Gasteiger partial charge is 0.338 e. The number of nitrogens with zero attached hydrogens (tertiary/aromatic N) is 3. The molecular formula is C31H30N4O4S. The van der Waals surface area contributed by atoms with Gasteiger partial charge in [-0.1, -0.05) is 55.1 Å². The number of aromatic nitrogens is 1. The van der Waals surface area contributed by atoms with Gasteiger partial charge in [0.2, 0.25) is 5.91 Å². The predicted molar refractivity (Wildman–Crippen MR) is 156 cm³/mol. The largest absolute Gasteiger partial charge is 0.466 e. The van der Waals surface area contributed by atoms with Crippen LogP contribution in [0, 0.1) is 0 Å². The molecule has 40 heavy (non-hydrogen) atoms. The monoisotopic (exact) mass is 554 g/mol. The zero-order valence-electron chi connectivity index (χ0n) is 22.4. The number of hydrogen-bond acceptors (Lipinski definition) is 8. The molecule has 5 rings (SSSR count). The maximum absolute atomic E-state index is 13.2. The Hall–Kier alpha value is -4.37. The molecule has 3 heterocycles. The summed E-state index contributed by atoms with van der Waals surface area (Å²) < 4.78 is 11.3. The van der Waals surface area contributed by atoms with Crippen LogP contribution in [0.3, 0.4) is 0 Å². The van der Waals surface area contributed by atoms with E-state index in [0.717, 1.165) is 22.1 Å². The number of carbonyl (C=O) groups excluding carboxylic acids is 2. The Morgan fingerprint density at radius 2 is 1.82 bits per heavy atom. The lowest BCUT2D eigenvalue weighted by Gasteiger charge is -2.36. The van der Waals surface area contributed by atoms with E-state index < -0.39 is 12.0 Å². The van der Waals surface area contributed by atoms with Crippen molar-refractivity contribution in [3.8, 4) is 11.5 Å². The van der Waals surface area contributed by atoms with Crippen molar-refractivity contribution in [2.75, 3.05) is 13.7 Å². The van der Waals surface area contributed by atoms with Crippen molar-refractivity contribution in [1.82, 2.24) is 15.2 Å². The number of benzene rings is 2. The number of carbonyl (C=O) groups is 2. The van der Waals surface area contributed by atoms with E-state index in [9.17, 15) is 9.59 Å². The van der Waals surface area contributed by atoms with Crippen LogP contribution < -0.4 is 10.1 Å². The summed E-state index contributed by atoms with van der Waals surface area (Å²) in [5, 5.41) is 5.65. The number of amides is 1. The van der Waals surface area contributed by atoms with E-state index in [1.807, 2.05) is 90.0 Å². The van der Waals surface area contributed by atoms with Crippen LogP contribution in [0.4, 0.5) is 0 Å². The second-order valence-corrected chi connectivity index (χ2v) is 10.0. The standard InChI is InChI=1S/C31H30N4O4S/c1-3-26-28(30(37)38-2)29(21-10-9-14-25(18-21)39-24-12-5-4-6-13-24)35-23(20-40-31(35)34-26)19-27(36)33-17-15-22-11-7-8-16-32-22/h4-14,16,18,20,29H,3,15,17,19H2,1-2H3,(H,33,36). The minimum absolute atomic E-state index is 0.117. The Balaban J connectivity index is 1.41. The fourth-order valence-electron chi connectivity index (χ4n) is 4.70. The number of rotatable bonds is 10. The molecule has 1 aromatic heterocycles. The normalized spacial score (nSPS) is 16.1. The Morgan fingerprint density at radius 3 is 2.58 bits per heavy atom. The van der Waals surface area contributed by atoms with Crippen LogP contribution >= 0.6 is 11.8 Å². The average Bonchev–Trinajstić information content (AvgIpc) is 3.38. The number of pyridine rings is 1. The van der Waals surface area contributed by atoms with E-state index in [4.69, 9.17) is 14.5 Å². The molecule has 0 bridgehead atoms. The number of fused-ring (bicyclic) bond motifs is 1. The van der Waals surface area contributed by atoms with Crippen LogP contribution in [0.2, 0.25) is 0 Å². The lowest BCUT2D eigenvalue weighted by molar-refractivity contribution is -0.136. The van der Waals surface area contributed by atoms with Gasteiger partial charge in [-0.05, 0) is 53.8 Å². The maximum atomic E-state index is 13.2. The first kappa shape index (κ1) is 27.2. The quantitative estimate of drug-likeness (QED) is 0.319. The Kier molecular flexibility index (Phi) is 8.61. The van der Waals surface area contributed by atoms with Crippen LogP contribution in [0.15, 0.2) is 106 Å². The summed E-state index contributed by atoms with van der Waals surface area (Å²) in [6.45, 7) is 2.44. The molecule has 0 radical (unpaired) electrons. The van der Waals surface area contributed by atoms with E-state index in [-0.39, 0.29) is 12.3 Å². The first-order valence-electron chi connectivity index (χ1n) is 13.1. The number of thioether (sulfide) groups is 1. The fraction of sp³-hybridized carbons (Fsp3) is 0.226. The van der Waals surface area contributed by atoms with Gasteiger partial charge in [0.1, 0.15) is 11.5 Å². The molecule has 8 nitrogen and oxygen atoms in total. The molecule has 1 unspecified atom stereocenters. The summed E-state index contributed by atoms with van der Waals surface area (Å²) in [4.78, 5) is 37.2. The number of para-hydroxylation sites is 1. The number of nitrogens with one attached hydrogen (secondary N) is 1. The predicted octanol–water partition coefficient (Wildman–Crippen LogP) is 5.76. The minimum atomic E-state index is -0.531. The molecule has 1 amide bonds. The van der Waals surface area contributed by atoms with Gasteiger partial charge < -0.3 is 19.7 Å². The third kappa shape index (κ3) is 6.10. The highest BCUT2D eigenvalue weighted by atomic mass is 32.2. The van der Waals surface area contributed by atoms with E-state index in [2.05, 4.69) is 10.3 Å². The lowest BCUT2D eigenvalue weighted by atomic mass is 9.92. The van der Waals surface area contributed by atoms with Crippen molar-refractivity contribution in [3.63, 3.8) is 0 Å². The van der Waals surface area contributed by atoms with Gasteiger partial charge in [0, 0.05) is 30.6 Å². The fourth-order valence-corrected chi connectivity index (χ4v) is 5.64. The molecule has 1 atom stereocenters. The van der Waals surface area contributed by atoms with Gasteiger partial charge in [-0.3, -0.25) is 9.78 Å². The summed E-state index contributed by atoms with van der Waals surface area (Å²) in [6, 6.07) is 22.4.